The Morgan fingerprint density at radius 1 is 1.16 bits per heavy atom. The van der Waals surface area contributed by atoms with Gasteiger partial charge in [0.2, 0.25) is 5.91 Å². The number of fused-ring (bicyclic) bond motifs is 1. The lowest BCUT2D eigenvalue weighted by Crippen LogP contribution is -2.44. The number of rotatable bonds is 6. The quantitative estimate of drug-likeness (QED) is 0.419. The Morgan fingerprint density at radius 3 is 2.61 bits per heavy atom. The number of methoxy groups -OCH3 is 1. The van der Waals surface area contributed by atoms with Crippen LogP contribution in [-0.2, 0) is 22.6 Å². The molecule has 38 heavy (non-hydrogen) atoms. The van der Waals surface area contributed by atoms with Gasteiger partial charge in [-0.2, -0.15) is 0 Å². The predicted molar refractivity (Wildman–Crippen MR) is 132 cm³/mol. The molecular formula is C24H21ClF3N5O4S. The first-order chi connectivity index (χ1) is 18.0. The number of hydrogen-bond donors (Lipinski definition) is 1. The topological polar surface area (TPSA) is 107 Å². The number of carbonyl (C=O) groups excluding carboxylic acids is 2. The van der Waals surface area contributed by atoms with Gasteiger partial charge < -0.3 is 9.64 Å². The first-order valence-electron chi connectivity index (χ1n) is 11.5. The Labute approximate surface area is 224 Å². The molecule has 3 aromatic heterocycles. The molecule has 0 atom stereocenters. The summed E-state index contributed by atoms with van der Waals surface area (Å²) in [6.07, 6.45) is -2.67. The summed E-state index contributed by atoms with van der Waals surface area (Å²) in [6, 6.07) is 3.36. The number of aromatic nitrogens is 3. The average Bonchev–Trinajstić information content (AvgIpc) is 3.38. The molecule has 14 heteroatoms. The Morgan fingerprint density at radius 2 is 1.92 bits per heavy atom. The Kier molecular flexibility index (Phi) is 7.01. The minimum Gasteiger partial charge on any atom is -0.494 e. The number of ether oxygens (including phenoxy) is 2. The zero-order valence-electron chi connectivity index (χ0n) is 20.1. The van der Waals surface area contributed by atoms with Crippen molar-refractivity contribution in [1.29, 1.82) is 0 Å². The summed E-state index contributed by atoms with van der Waals surface area (Å²) in [7, 11) is 1.49. The van der Waals surface area contributed by atoms with Crippen molar-refractivity contribution in [2.45, 2.75) is 45.3 Å². The van der Waals surface area contributed by atoms with Crippen molar-refractivity contribution < 1.29 is 32.2 Å². The molecule has 9 nitrogen and oxygen atoms in total. The van der Waals surface area contributed by atoms with Crippen LogP contribution in [0.1, 0.15) is 39.5 Å². The molecule has 0 aromatic carbocycles. The number of amides is 2. The summed E-state index contributed by atoms with van der Waals surface area (Å²) >= 11 is 7.34. The van der Waals surface area contributed by atoms with Crippen molar-refractivity contribution in [3.8, 4) is 16.9 Å². The minimum absolute atomic E-state index is 0.0393. The van der Waals surface area contributed by atoms with Crippen LogP contribution in [0.5, 0.6) is 5.75 Å². The van der Waals surface area contributed by atoms with Gasteiger partial charge in [-0.15, -0.1) is 13.2 Å². The number of hydrogen-bond acceptors (Lipinski definition) is 8. The number of aryl methyl sites for hydroxylation is 1. The van der Waals surface area contributed by atoms with Crippen molar-refractivity contribution in [2.75, 3.05) is 12.4 Å². The SMILES string of the molecule is COc1cnc(Cl)cc1-c1cc(C)ncc1C(=O)Nc1nc2c(s1)CN(C(=O)C1CC(OC(F)(F)F)C1)C2. The number of anilines is 1. The molecule has 1 aliphatic heterocycles. The molecular weight excluding hydrogens is 547 g/mol. The number of nitrogens with one attached hydrogen (secondary N) is 1. The molecule has 1 saturated carbocycles. The van der Waals surface area contributed by atoms with E-state index in [1.54, 1.807) is 24.0 Å². The normalized spacial score (nSPS) is 18.6. The van der Waals surface area contributed by atoms with Gasteiger partial charge in [0.15, 0.2) is 5.13 Å². The van der Waals surface area contributed by atoms with E-state index in [2.05, 4.69) is 25.0 Å². The fraction of sp³-hybridized carbons (Fsp3) is 0.375. The first-order valence-corrected chi connectivity index (χ1v) is 12.7. The number of thiazole rings is 1. The highest BCUT2D eigenvalue weighted by Gasteiger charge is 2.44. The molecule has 4 heterocycles. The molecule has 1 N–H and O–H groups in total. The highest BCUT2D eigenvalue weighted by Crippen LogP contribution is 2.39. The van der Waals surface area contributed by atoms with Gasteiger partial charge in [0.1, 0.15) is 10.9 Å². The second-order valence-electron chi connectivity index (χ2n) is 8.97. The van der Waals surface area contributed by atoms with Gasteiger partial charge in [-0.05, 0) is 31.9 Å². The van der Waals surface area contributed by atoms with Crippen molar-refractivity contribution in [3.05, 3.63) is 51.5 Å². The first kappa shape index (κ1) is 26.3. The van der Waals surface area contributed by atoms with Crippen LogP contribution in [0.25, 0.3) is 11.1 Å². The Bertz CT molecular complexity index is 1390. The second kappa shape index (κ2) is 10.1. The summed E-state index contributed by atoms with van der Waals surface area (Å²) in [5.41, 5.74) is 2.75. The third kappa shape index (κ3) is 5.45. The van der Waals surface area contributed by atoms with E-state index in [4.69, 9.17) is 16.3 Å². The Balaban J connectivity index is 1.26. The molecule has 2 aliphatic rings. The van der Waals surface area contributed by atoms with Gasteiger partial charge >= 0.3 is 6.36 Å². The molecule has 2 amide bonds. The summed E-state index contributed by atoms with van der Waals surface area (Å²) in [6.45, 7) is 2.31. The number of halogens is 4. The smallest absolute Gasteiger partial charge is 0.494 e. The van der Waals surface area contributed by atoms with Crippen LogP contribution in [0.3, 0.4) is 0 Å². The molecule has 0 radical (unpaired) electrons. The zero-order chi connectivity index (χ0) is 27.2. The van der Waals surface area contributed by atoms with Crippen molar-refractivity contribution in [2.24, 2.45) is 5.92 Å². The van der Waals surface area contributed by atoms with E-state index in [0.717, 1.165) is 4.88 Å². The fourth-order valence-corrected chi connectivity index (χ4v) is 5.62. The number of nitrogens with zero attached hydrogens (tertiary/aromatic N) is 4. The molecule has 1 aliphatic carbocycles. The van der Waals surface area contributed by atoms with Crippen LogP contribution in [-0.4, -0.2) is 51.2 Å². The maximum Gasteiger partial charge on any atom is 0.522 e. The molecule has 5 rings (SSSR count). The number of pyridine rings is 2. The molecule has 1 fully saturated rings. The monoisotopic (exact) mass is 567 g/mol. The van der Waals surface area contributed by atoms with Gasteiger partial charge in [-0.1, -0.05) is 22.9 Å². The lowest BCUT2D eigenvalue weighted by molar-refractivity contribution is -0.353. The molecule has 200 valence electrons. The van der Waals surface area contributed by atoms with Crippen molar-refractivity contribution in [3.63, 3.8) is 0 Å². The summed E-state index contributed by atoms with van der Waals surface area (Å²) in [4.78, 5) is 41.1. The molecule has 0 saturated heterocycles. The number of alkyl halides is 3. The van der Waals surface area contributed by atoms with E-state index in [1.807, 2.05) is 0 Å². The zero-order valence-corrected chi connectivity index (χ0v) is 21.7. The Hall–Kier alpha value is -3.29. The van der Waals surface area contributed by atoms with Gasteiger partial charge in [0.25, 0.3) is 5.91 Å². The highest BCUT2D eigenvalue weighted by atomic mass is 35.5. The molecule has 3 aromatic rings. The highest BCUT2D eigenvalue weighted by molar-refractivity contribution is 7.16. The lowest BCUT2D eigenvalue weighted by Gasteiger charge is -2.36. The van der Waals surface area contributed by atoms with Crippen LogP contribution in [0, 0.1) is 12.8 Å². The minimum atomic E-state index is -4.70. The molecule has 0 bridgehead atoms. The van der Waals surface area contributed by atoms with Crippen LogP contribution in [0.4, 0.5) is 18.3 Å². The van der Waals surface area contributed by atoms with Gasteiger partial charge in [0.05, 0.1) is 48.6 Å². The molecule has 0 unspecified atom stereocenters. The van der Waals surface area contributed by atoms with Gasteiger partial charge in [0, 0.05) is 28.9 Å². The maximum atomic E-state index is 13.2. The van der Waals surface area contributed by atoms with Gasteiger partial charge in [-0.3, -0.25) is 24.6 Å². The predicted octanol–water partition coefficient (Wildman–Crippen LogP) is 4.98. The van der Waals surface area contributed by atoms with Crippen LogP contribution in [0.15, 0.2) is 24.5 Å². The second-order valence-corrected chi connectivity index (χ2v) is 10.4. The lowest BCUT2D eigenvalue weighted by atomic mass is 9.81. The summed E-state index contributed by atoms with van der Waals surface area (Å²) in [5, 5.41) is 3.40. The van der Waals surface area contributed by atoms with E-state index < -0.39 is 24.3 Å². The van der Waals surface area contributed by atoms with Crippen molar-refractivity contribution in [1.82, 2.24) is 19.9 Å². The van der Waals surface area contributed by atoms with E-state index in [1.165, 1.54) is 30.8 Å². The van der Waals surface area contributed by atoms with Crippen molar-refractivity contribution >= 4 is 39.9 Å². The van der Waals surface area contributed by atoms with Gasteiger partial charge in [-0.25, -0.2) is 9.97 Å². The third-order valence-electron chi connectivity index (χ3n) is 6.36. The standard InChI is InChI=1S/C24H21ClF3N5O4S/c1-11-3-14(15-6-20(25)30-8-18(15)36-2)16(7-29-11)21(34)32-23-31-17-9-33(10-19(17)38-23)22(35)12-4-13(5-12)37-24(26,27)28/h3,6-8,12-13H,4-5,9-10H2,1-2H3,(H,31,32,34). The van der Waals surface area contributed by atoms with E-state index in [-0.39, 0.29) is 42.6 Å². The fourth-order valence-electron chi connectivity index (χ4n) is 4.48. The summed E-state index contributed by atoms with van der Waals surface area (Å²) < 4.78 is 46.4. The van der Waals surface area contributed by atoms with Crippen LogP contribution < -0.4 is 10.1 Å². The van der Waals surface area contributed by atoms with Crippen LogP contribution >= 0.6 is 22.9 Å². The van der Waals surface area contributed by atoms with Crippen LogP contribution in [0.2, 0.25) is 5.15 Å². The molecule has 0 spiro atoms. The van der Waals surface area contributed by atoms with E-state index in [9.17, 15) is 22.8 Å². The number of carbonyl (C=O) groups is 2. The third-order valence-corrected chi connectivity index (χ3v) is 7.56. The van der Waals surface area contributed by atoms with E-state index >= 15 is 0 Å². The largest absolute Gasteiger partial charge is 0.522 e. The average molecular weight is 568 g/mol. The summed E-state index contributed by atoms with van der Waals surface area (Å²) in [5.74, 6) is -0.715. The van der Waals surface area contributed by atoms with E-state index in [0.29, 0.717) is 33.4 Å². The maximum absolute atomic E-state index is 13.2.